The quantitative estimate of drug-likeness (QED) is 0.657. The molecule has 120 valence electrons. The smallest absolute Gasteiger partial charge is 0.328 e. The Morgan fingerprint density at radius 1 is 1.17 bits per heavy atom. The minimum absolute atomic E-state index is 0.107. The number of ether oxygens (including phenoxy) is 1. The van der Waals surface area contributed by atoms with Gasteiger partial charge in [-0.1, -0.05) is 57.2 Å². The van der Waals surface area contributed by atoms with E-state index < -0.39 is 5.97 Å². The van der Waals surface area contributed by atoms with Gasteiger partial charge in [0.05, 0.1) is 0 Å². The van der Waals surface area contributed by atoms with Crippen molar-refractivity contribution in [1.82, 2.24) is 0 Å². The van der Waals surface area contributed by atoms with Crippen LogP contribution in [0.2, 0.25) is 0 Å². The Labute approximate surface area is 137 Å². The summed E-state index contributed by atoms with van der Waals surface area (Å²) in [4.78, 5) is 10.3. The molecule has 0 amide bonds. The first-order chi connectivity index (χ1) is 10.9. The van der Waals surface area contributed by atoms with Gasteiger partial charge >= 0.3 is 5.97 Å². The number of hydrogen-bond acceptors (Lipinski definition) is 2. The van der Waals surface area contributed by atoms with E-state index in [1.54, 1.807) is 12.2 Å². The number of rotatable bonds is 4. The fourth-order valence-corrected chi connectivity index (χ4v) is 2.20. The maximum atomic E-state index is 10.3. The van der Waals surface area contributed by atoms with Crippen molar-refractivity contribution in [2.24, 2.45) is 0 Å². The predicted molar refractivity (Wildman–Crippen MR) is 93.7 cm³/mol. The standard InChI is InChI=1S/C20H22O3/c1-20(2,3)17-10-11-18-16(13-17)12-15(14-23-18)8-6-4-5-7-9-19(21)22/h4-13H,14H2,1-3H3,(H,21,22). The van der Waals surface area contributed by atoms with Crippen LogP contribution in [0.5, 0.6) is 5.75 Å². The van der Waals surface area contributed by atoms with Crippen molar-refractivity contribution in [3.63, 3.8) is 0 Å². The Hall–Kier alpha value is -2.55. The second-order valence-electron chi connectivity index (χ2n) is 6.45. The highest BCUT2D eigenvalue weighted by Crippen LogP contribution is 2.32. The molecule has 0 unspecified atom stereocenters. The monoisotopic (exact) mass is 310 g/mol. The lowest BCUT2D eigenvalue weighted by molar-refractivity contribution is -0.131. The van der Waals surface area contributed by atoms with Crippen molar-refractivity contribution in [3.8, 4) is 5.75 Å². The van der Waals surface area contributed by atoms with E-state index in [1.165, 1.54) is 11.6 Å². The fourth-order valence-electron chi connectivity index (χ4n) is 2.20. The predicted octanol–water partition coefficient (Wildman–Crippen LogP) is 4.51. The summed E-state index contributed by atoms with van der Waals surface area (Å²) in [5.74, 6) is -0.0386. The first-order valence-corrected chi connectivity index (χ1v) is 7.58. The van der Waals surface area contributed by atoms with Gasteiger partial charge in [-0.3, -0.25) is 0 Å². The third-order valence-electron chi connectivity index (χ3n) is 3.49. The van der Waals surface area contributed by atoms with Crippen LogP contribution in [-0.4, -0.2) is 17.7 Å². The highest BCUT2D eigenvalue weighted by molar-refractivity contribution is 5.80. The van der Waals surface area contributed by atoms with Crippen molar-refractivity contribution < 1.29 is 14.6 Å². The average molecular weight is 310 g/mol. The highest BCUT2D eigenvalue weighted by Gasteiger charge is 2.17. The van der Waals surface area contributed by atoms with Crippen LogP contribution < -0.4 is 4.74 Å². The molecule has 0 aromatic heterocycles. The van der Waals surface area contributed by atoms with Crippen LogP contribution in [0.3, 0.4) is 0 Å². The molecule has 1 aliphatic heterocycles. The zero-order valence-electron chi connectivity index (χ0n) is 13.7. The molecule has 0 aliphatic carbocycles. The molecule has 1 aliphatic rings. The minimum atomic E-state index is -0.951. The molecule has 2 rings (SSSR count). The number of carbonyl (C=O) groups is 1. The first-order valence-electron chi connectivity index (χ1n) is 7.58. The Morgan fingerprint density at radius 2 is 1.91 bits per heavy atom. The van der Waals surface area contributed by atoms with E-state index in [0.717, 1.165) is 23.0 Å². The zero-order valence-corrected chi connectivity index (χ0v) is 13.7. The Morgan fingerprint density at radius 3 is 2.61 bits per heavy atom. The lowest BCUT2D eigenvalue weighted by atomic mass is 9.85. The summed E-state index contributed by atoms with van der Waals surface area (Å²) in [5, 5.41) is 8.48. The summed E-state index contributed by atoms with van der Waals surface area (Å²) in [6.45, 7) is 7.12. The minimum Gasteiger partial charge on any atom is -0.488 e. The SMILES string of the molecule is CC(C)(C)c1ccc2c(c1)C=C(C=CC=CC=CC(=O)O)CO2. The molecule has 0 saturated carbocycles. The Kier molecular flexibility index (Phi) is 5.22. The molecule has 23 heavy (non-hydrogen) atoms. The second kappa shape index (κ2) is 7.14. The number of hydrogen-bond donors (Lipinski definition) is 1. The summed E-state index contributed by atoms with van der Waals surface area (Å²) in [7, 11) is 0. The molecule has 0 radical (unpaired) electrons. The van der Waals surface area contributed by atoms with Crippen LogP contribution in [0.15, 0.2) is 60.2 Å². The van der Waals surface area contributed by atoms with Gasteiger partial charge in [0.25, 0.3) is 0 Å². The van der Waals surface area contributed by atoms with Crippen molar-refractivity contribution >= 4 is 12.0 Å². The number of fused-ring (bicyclic) bond motifs is 1. The lowest BCUT2D eigenvalue weighted by Crippen LogP contribution is -2.12. The van der Waals surface area contributed by atoms with Gasteiger partial charge in [0.2, 0.25) is 0 Å². The summed E-state index contributed by atoms with van der Waals surface area (Å²) in [5.41, 5.74) is 3.56. The molecular weight excluding hydrogens is 288 g/mol. The molecule has 0 fully saturated rings. The van der Waals surface area contributed by atoms with Crippen LogP contribution >= 0.6 is 0 Å². The molecule has 3 heteroatoms. The summed E-state index contributed by atoms with van der Waals surface area (Å²) in [6.07, 6.45) is 12.0. The van der Waals surface area contributed by atoms with Crippen molar-refractivity contribution in [2.75, 3.05) is 6.61 Å². The lowest BCUT2D eigenvalue weighted by Gasteiger charge is -2.22. The van der Waals surface area contributed by atoms with Crippen LogP contribution in [0.1, 0.15) is 31.9 Å². The summed E-state index contributed by atoms with van der Waals surface area (Å²) in [6, 6.07) is 6.32. The van der Waals surface area contributed by atoms with E-state index in [2.05, 4.69) is 39.0 Å². The van der Waals surface area contributed by atoms with Gasteiger partial charge in [-0.05, 0) is 34.8 Å². The summed E-state index contributed by atoms with van der Waals surface area (Å²) >= 11 is 0. The third-order valence-corrected chi connectivity index (χ3v) is 3.49. The molecule has 1 N–H and O–H groups in total. The normalized spacial score (nSPS) is 15.0. The topological polar surface area (TPSA) is 46.5 Å². The number of benzene rings is 1. The number of carboxylic acid groups (broad SMARTS) is 1. The number of aliphatic carboxylic acids is 1. The average Bonchev–Trinajstić information content (AvgIpc) is 2.48. The van der Waals surface area contributed by atoms with Crippen LogP contribution in [0, 0.1) is 0 Å². The van der Waals surface area contributed by atoms with Gasteiger partial charge in [-0.15, -0.1) is 0 Å². The van der Waals surface area contributed by atoms with Crippen LogP contribution in [-0.2, 0) is 10.2 Å². The molecular formula is C20H22O3. The third kappa shape index (κ3) is 4.99. The molecule has 0 saturated heterocycles. The molecule has 1 aromatic rings. The highest BCUT2D eigenvalue weighted by atomic mass is 16.5. The van der Waals surface area contributed by atoms with Crippen molar-refractivity contribution in [1.29, 1.82) is 0 Å². The zero-order chi connectivity index (χ0) is 16.9. The molecule has 3 nitrogen and oxygen atoms in total. The molecule has 0 bridgehead atoms. The van der Waals surface area contributed by atoms with Crippen LogP contribution in [0.4, 0.5) is 0 Å². The Balaban J connectivity index is 2.12. The maximum Gasteiger partial charge on any atom is 0.328 e. The van der Waals surface area contributed by atoms with Gasteiger partial charge in [-0.25, -0.2) is 4.79 Å². The van der Waals surface area contributed by atoms with Gasteiger partial charge < -0.3 is 9.84 Å². The van der Waals surface area contributed by atoms with Gasteiger partial charge in [0, 0.05) is 11.6 Å². The first kappa shape index (κ1) is 16.8. The van der Waals surface area contributed by atoms with Crippen LogP contribution in [0.25, 0.3) is 6.08 Å². The van der Waals surface area contributed by atoms with Gasteiger partial charge in [0.1, 0.15) is 12.4 Å². The number of carboxylic acids is 1. The van der Waals surface area contributed by atoms with E-state index in [1.807, 2.05) is 18.2 Å². The Bertz CT molecular complexity index is 698. The maximum absolute atomic E-state index is 10.3. The van der Waals surface area contributed by atoms with Crippen molar-refractivity contribution in [3.05, 3.63) is 71.4 Å². The molecule has 1 heterocycles. The van der Waals surface area contributed by atoms with E-state index in [4.69, 9.17) is 9.84 Å². The van der Waals surface area contributed by atoms with Gasteiger partial charge in [0.15, 0.2) is 0 Å². The van der Waals surface area contributed by atoms with E-state index in [0.29, 0.717) is 6.61 Å². The summed E-state index contributed by atoms with van der Waals surface area (Å²) < 4.78 is 5.78. The molecule has 0 spiro atoms. The second-order valence-corrected chi connectivity index (χ2v) is 6.45. The number of allylic oxidation sites excluding steroid dienone is 4. The van der Waals surface area contributed by atoms with Crippen molar-refractivity contribution in [2.45, 2.75) is 26.2 Å². The van der Waals surface area contributed by atoms with Gasteiger partial charge in [-0.2, -0.15) is 0 Å². The molecule has 1 aromatic carbocycles. The van der Waals surface area contributed by atoms with E-state index in [-0.39, 0.29) is 5.41 Å². The van der Waals surface area contributed by atoms with E-state index >= 15 is 0 Å². The fraction of sp³-hybridized carbons (Fsp3) is 0.250. The van der Waals surface area contributed by atoms with E-state index in [9.17, 15) is 4.79 Å². The molecule has 0 atom stereocenters. The largest absolute Gasteiger partial charge is 0.488 e.